The highest BCUT2D eigenvalue weighted by Crippen LogP contribution is 2.68. The van der Waals surface area contributed by atoms with E-state index < -0.39 is 0 Å². The molecule has 0 amide bonds. The van der Waals surface area contributed by atoms with Crippen molar-refractivity contribution in [3.8, 4) is 0 Å². The molecular formula is C10H16N2O2. The van der Waals surface area contributed by atoms with Crippen LogP contribution in [-0.4, -0.2) is 21.8 Å². The summed E-state index contributed by atoms with van der Waals surface area (Å²) in [6, 6.07) is 0. The van der Waals surface area contributed by atoms with Gasteiger partial charge in [-0.1, -0.05) is 24.2 Å². The molecule has 0 aromatic rings. The van der Waals surface area contributed by atoms with E-state index in [1.165, 1.54) is 0 Å². The van der Waals surface area contributed by atoms with Gasteiger partial charge in [-0.2, -0.15) is 0 Å². The van der Waals surface area contributed by atoms with E-state index in [0.717, 1.165) is 12.1 Å². The van der Waals surface area contributed by atoms with Crippen molar-refractivity contribution >= 4 is 11.4 Å². The summed E-state index contributed by atoms with van der Waals surface area (Å²) in [5.74, 6) is 1.13. The third-order valence-corrected chi connectivity index (χ3v) is 4.02. The molecule has 0 saturated heterocycles. The average Bonchev–Trinajstić information content (AvgIpc) is 2.57. The lowest BCUT2D eigenvalue weighted by Crippen LogP contribution is -2.24. The van der Waals surface area contributed by atoms with E-state index in [1.54, 1.807) is 6.92 Å². The average molecular weight is 196 g/mol. The monoisotopic (exact) mass is 196 g/mol. The number of nitrogens with zero attached hydrogens (tertiary/aromatic N) is 2. The Balaban J connectivity index is 2.28. The van der Waals surface area contributed by atoms with Crippen LogP contribution in [0.15, 0.2) is 10.3 Å². The van der Waals surface area contributed by atoms with Gasteiger partial charge in [0.05, 0.1) is 11.4 Å². The van der Waals surface area contributed by atoms with Crippen LogP contribution >= 0.6 is 0 Å². The highest BCUT2D eigenvalue weighted by Gasteiger charge is 2.67. The molecule has 0 unspecified atom stereocenters. The third-order valence-electron chi connectivity index (χ3n) is 4.02. The van der Waals surface area contributed by atoms with Crippen LogP contribution in [-0.2, 0) is 0 Å². The molecule has 0 aromatic heterocycles. The van der Waals surface area contributed by atoms with E-state index in [2.05, 4.69) is 24.2 Å². The zero-order valence-electron chi connectivity index (χ0n) is 8.73. The Hall–Kier alpha value is -1.06. The van der Waals surface area contributed by atoms with E-state index in [0.29, 0.717) is 23.0 Å². The molecule has 3 atom stereocenters. The Bertz CT molecular complexity index is 320. The van der Waals surface area contributed by atoms with Gasteiger partial charge in [-0.05, 0) is 30.6 Å². The fourth-order valence-electron chi connectivity index (χ4n) is 3.06. The number of fused-ring (bicyclic) bond motifs is 1. The third kappa shape index (κ3) is 0.996. The normalized spacial score (nSPS) is 42.6. The lowest BCUT2D eigenvalue weighted by Gasteiger charge is -2.17. The summed E-state index contributed by atoms with van der Waals surface area (Å²) >= 11 is 0. The molecule has 2 aliphatic rings. The molecule has 2 aliphatic carbocycles. The van der Waals surface area contributed by atoms with Crippen molar-refractivity contribution in [3.05, 3.63) is 0 Å². The minimum absolute atomic E-state index is 0.0463. The van der Waals surface area contributed by atoms with E-state index >= 15 is 0 Å². The zero-order valence-corrected chi connectivity index (χ0v) is 8.73. The smallest absolute Gasteiger partial charge is 0.0665 e. The quantitative estimate of drug-likeness (QED) is 0.382. The molecule has 2 N–H and O–H groups in total. The zero-order chi connectivity index (χ0) is 10.5. The van der Waals surface area contributed by atoms with Gasteiger partial charge in [0.25, 0.3) is 0 Å². The summed E-state index contributed by atoms with van der Waals surface area (Å²) in [5, 5.41) is 24.2. The number of hydrogen-bond acceptors (Lipinski definition) is 4. The Morgan fingerprint density at radius 1 is 1.43 bits per heavy atom. The van der Waals surface area contributed by atoms with Crippen LogP contribution in [0.4, 0.5) is 0 Å². The fourth-order valence-corrected chi connectivity index (χ4v) is 3.06. The molecule has 0 heterocycles. The number of hydrogen-bond donors (Lipinski definition) is 2. The molecule has 2 fully saturated rings. The first-order valence-electron chi connectivity index (χ1n) is 4.93. The van der Waals surface area contributed by atoms with E-state index in [4.69, 9.17) is 10.4 Å². The predicted octanol–water partition coefficient (Wildman–Crippen LogP) is 1.96. The molecule has 14 heavy (non-hydrogen) atoms. The summed E-state index contributed by atoms with van der Waals surface area (Å²) in [4.78, 5) is 0. The Morgan fingerprint density at radius 2 is 2.07 bits per heavy atom. The lowest BCUT2D eigenvalue weighted by molar-refractivity contribution is 0.308. The second-order valence-corrected chi connectivity index (χ2v) is 4.97. The van der Waals surface area contributed by atoms with Gasteiger partial charge >= 0.3 is 0 Å². The van der Waals surface area contributed by atoms with Crippen molar-refractivity contribution in [1.82, 2.24) is 0 Å². The van der Waals surface area contributed by atoms with E-state index in [-0.39, 0.29) is 5.92 Å². The highest BCUT2D eigenvalue weighted by atomic mass is 16.4. The Labute approximate surface area is 83.3 Å². The summed E-state index contributed by atoms with van der Waals surface area (Å²) in [7, 11) is 0. The van der Waals surface area contributed by atoms with Crippen LogP contribution in [0.25, 0.3) is 0 Å². The summed E-state index contributed by atoms with van der Waals surface area (Å²) < 4.78 is 0. The van der Waals surface area contributed by atoms with Crippen molar-refractivity contribution in [2.45, 2.75) is 27.2 Å². The summed E-state index contributed by atoms with van der Waals surface area (Å²) in [5.41, 5.74) is 1.75. The van der Waals surface area contributed by atoms with Crippen LogP contribution in [0.1, 0.15) is 27.2 Å². The molecule has 0 aliphatic heterocycles. The lowest BCUT2D eigenvalue weighted by atomic mass is 9.88. The van der Waals surface area contributed by atoms with Gasteiger partial charge in [-0.25, -0.2) is 0 Å². The molecule has 0 radical (unpaired) electrons. The molecule has 2 saturated carbocycles. The SMILES string of the molecule is C/C(=N/O)[C@@H]1/C(=N/O)C[C@H]2[C@H]1C2(C)C. The highest BCUT2D eigenvalue weighted by molar-refractivity contribution is 6.09. The fraction of sp³-hybridized carbons (Fsp3) is 0.800. The molecule has 4 heteroatoms. The second-order valence-electron chi connectivity index (χ2n) is 4.97. The van der Waals surface area contributed by atoms with Crippen LogP contribution < -0.4 is 0 Å². The molecule has 0 spiro atoms. The van der Waals surface area contributed by atoms with Crippen LogP contribution in [0, 0.1) is 23.2 Å². The van der Waals surface area contributed by atoms with Gasteiger partial charge in [0, 0.05) is 5.92 Å². The Kier molecular flexibility index (Phi) is 1.84. The first-order chi connectivity index (χ1) is 6.54. The second kappa shape index (κ2) is 2.72. The number of oxime groups is 2. The maximum absolute atomic E-state index is 8.84. The first kappa shape index (κ1) is 9.49. The Morgan fingerprint density at radius 3 is 2.57 bits per heavy atom. The minimum Gasteiger partial charge on any atom is -0.411 e. The van der Waals surface area contributed by atoms with Gasteiger partial charge in [0.15, 0.2) is 0 Å². The number of rotatable bonds is 1. The van der Waals surface area contributed by atoms with Gasteiger partial charge in [-0.3, -0.25) is 0 Å². The molecule has 0 aromatic carbocycles. The van der Waals surface area contributed by atoms with Crippen LogP contribution in [0.5, 0.6) is 0 Å². The van der Waals surface area contributed by atoms with Gasteiger partial charge in [0.1, 0.15) is 0 Å². The maximum atomic E-state index is 8.84. The van der Waals surface area contributed by atoms with Crippen molar-refractivity contribution in [3.63, 3.8) is 0 Å². The van der Waals surface area contributed by atoms with E-state index in [1.807, 2.05) is 0 Å². The van der Waals surface area contributed by atoms with Gasteiger partial charge in [0.2, 0.25) is 0 Å². The first-order valence-corrected chi connectivity index (χ1v) is 4.93. The maximum Gasteiger partial charge on any atom is 0.0665 e. The molecule has 0 bridgehead atoms. The van der Waals surface area contributed by atoms with Gasteiger partial charge < -0.3 is 10.4 Å². The van der Waals surface area contributed by atoms with Crippen LogP contribution in [0.3, 0.4) is 0 Å². The standard InChI is InChI=1S/C10H16N2O2/c1-5(11-13)8-7(12-14)4-6-9(8)10(6,2)3/h6,8-9,13-14H,4H2,1-3H3/b11-5-,12-7+/t6-,8+,9+/m0/s1. The minimum atomic E-state index is 0.0463. The van der Waals surface area contributed by atoms with Gasteiger partial charge in [-0.15, -0.1) is 0 Å². The van der Waals surface area contributed by atoms with E-state index in [9.17, 15) is 0 Å². The molecular weight excluding hydrogens is 180 g/mol. The predicted molar refractivity (Wildman–Crippen MR) is 53.0 cm³/mol. The van der Waals surface area contributed by atoms with Crippen molar-refractivity contribution in [2.24, 2.45) is 33.5 Å². The molecule has 78 valence electrons. The summed E-state index contributed by atoms with van der Waals surface area (Å²) in [6.45, 7) is 6.22. The molecule has 2 rings (SSSR count). The van der Waals surface area contributed by atoms with Crippen molar-refractivity contribution in [1.29, 1.82) is 0 Å². The van der Waals surface area contributed by atoms with Crippen molar-refractivity contribution < 1.29 is 10.4 Å². The topological polar surface area (TPSA) is 65.2 Å². The van der Waals surface area contributed by atoms with Crippen LogP contribution in [0.2, 0.25) is 0 Å². The largest absolute Gasteiger partial charge is 0.411 e. The van der Waals surface area contributed by atoms with Crippen molar-refractivity contribution in [2.75, 3.05) is 0 Å². The molecule has 4 nitrogen and oxygen atoms in total. The summed E-state index contributed by atoms with van der Waals surface area (Å²) in [6.07, 6.45) is 0.839.